The number of benzene rings is 1. The molecule has 0 atom stereocenters. The van der Waals surface area contributed by atoms with Crippen molar-refractivity contribution >= 4 is 43.0 Å². The molecular weight excluding hydrogens is 293 g/mol. The molecule has 3 heteroatoms. The Kier molecular flexibility index (Phi) is 4.00. The first kappa shape index (κ1) is 10.8. The molecule has 0 heterocycles. The van der Waals surface area contributed by atoms with Gasteiger partial charge in [-0.15, -0.1) is 0 Å². The molecule has 0 aliphatic rings. The van der Waals surface area contributed by atoms with E-state index in [4.69, 9.17) is 11.6 Å². The molecular formula is C10H8ClFSn. The van der Waals surface area contributed by atoms with E-state index in [0.29, 0.717) is 8.61 Å². The zero-order valence-corrected chi connectivity index (χ0v) is 10.6. The van der Waals surface area contributed by atoms with Crippen molar-refractivity contribution in [3.05, 3.63) is 47.5 Å². The quantitative estimate of drug-likeness (QED) is 0.749. The molecule has 1 aromatic carbocycles. The van der Waals surface area contributed by atoms with Gasteiger partial charge >= 0.3 is 93.4 Å². The Balaban J connectivity index is 3.30. The van der Waals surface area contributed by atoms with E-state index in [1.165, 1.54) is 0 Å². The standard InChI is InChI=1S/C10H8Cl.FH.Sn/c1-3-8-6-5-7-10(11)9(8)4-2;;/h3,5-7H,1-2H2;1H;/q;;+1/p-1. The van der Waals surface area contributed by atoms with Crippen molar-refractivity contribution in [1.29, 1.82) is 0 Å². The number of rotatable bonds is 3. The second-order valence-corrected chi connectivity index (χ2v) is 5.15. The molecule has 0 aliphatic heterocycles. The van der Waals surface area contributed by atoms with E-state index in [0.717, 1.165) is 11.1 Å². The van der Waals surface area contributed by atoms with Gasteiger partial charge < -0.3 is 0 Å². The molecule has 0 aromatic heterocycles. The Labute approximate surface area is 93.1 Å². The van der Waals surface area contributed by atoms with Gasteiger partial charge in [0.2, 0.25) is 0 Å². The third-order valence-electron chi connectivity index (χ3n) is 1.68. The predicted molar refractivity (Wildman–Crippen MR) is 57.4 cm³/mol. The summed E-state index contributed by atoms with van der Waals surface area (Å²) in [5.41, 5.74) is 1.59. The zero-order chi connectivity index (χ0) is 9.84. The second kappa shape index (κ2) is 4.82. The van der Waals surface area contributed by atoms with Crippen molar-refractivity contribution in [2.45, 2.75) is 0 Å². The molecule has 0 N–H and O–H groups in total. The maximum atomic E-state index is 12.5. The molecule has 0 saturated heterocycles. The second-order valence-electron chi connectivity index (χ2n) is 2.48. The van der Waals surface area contributed by atoms with Crippen LogP contribution in [-0.2, 0) is 0 Å². The maximum absolute atomic E-state index is 12.5. The summed E-state index contributed by atoms with van der Waals surface area (Å²) in [6, 6.07) is 5.41. The summed E-state index contributed by atoms with van der Waals surface area (Å²) in [5, 5.41) is 0.556. The van der Waals surface area contributed by atoms with Gasteiger partial charge in [0.25, 0.3) is 0 Å². The topological polar surface area (TPSA) is 0 Å². The monoisotopic (exact) mass is 302 g/mol. The Morgan fingerprint density at radius 3 is 2.77 bits per heavy atom. The minimum atomic E-state index is -2.00. The van der Waals surface area contributed by atoms with Crippen LogP contribution in [0, 0.1) is 0 Å². The summed E-state index contributed by atoms with van der Waals surface area (Å²) >= 11 is 3.94. The van der Waals surface area contributed by atoms with Crippen LogP contribution in [-0.4, -0.2) is 21.7 Å². The van der Waals surface area contributed by atoms with Crippen LogP contribution >= 0.6 is 11.6 Å². The van der Waals surface area contributed by atoms with Crippen molar-refractivity contribution < 1.29 is 2.87 Å². The van der Waals surface area contributed by atoms with Crippen molar-refractivity contribution in [2.75, 3.05) is 0 Å². The summed E-state index contributed by atoms with van der Waals surface area (Å²) in [6.45, 7) is 7.33. The third kappa shape index (κ3) is 2.35. The molecule has 2 radical (unpaired) electrons. The van der Waals surface area contributed by atoms with Gasteiger partial charge in [0.1, 0.15) is 0 Å². The third-order valence-corrected chi connectivity index (χ3v) is 3.36. The molecule has 0 unspecified atom stereocenters. The molecule has 1 rings (SSSR count). The van der Waals surface area contributed by atoms with Crippen LogP contribution in [0.1, 0.15) is 11.1 Å². The van der Waals surface area contributed by atoms with E-state index in [1.54, 1.807) is 12.1 Å². The van der Waals surface area contributed by atoms with Crippen molar-refractivity contribution in [3.63, 3.8) is 0 Å². The van der Waals surface area contributed by atoms with Crippen LogP contribution < -0.4 is 0 Å². The van der Waals surface area contributed by atoms with Gasteiger partial charge in [-0.25, -0.2) is 0 Å². The van der Waals surface area contributed by atoms with E-state index in [-0.39, 0.29) is 0 Å². The average molecular weight is 301 g/mol. The van der Waals surface area contributed by atoms with Gasteiger partial charge in [-0.2, -0.15) is 0 Å². The summed E-state index contributed by atoms with van der Waals surface area (Å²) in [5.74, 6) is 0. The van der Waals surface area contributed by atoms with Crippen LogP contribution in [0.3, 0.4) is 0 Å². The van der Waals surface area contributed by atoms with Gasteiger partial charge in [0, 0.05) is 0 Å². The molecule has 1 aromatic rings. The fourth-order valence-electron chi connectivity index (χ4n) is 1.08. The van der Waals surface area contributed by atoms with Gasteiger partial charge in [-0.05, 0) is 0 Å². The molecule has 0 amide bonds. The molecule has 0 bridgehead atoms. The Bertz CT molecular complexity index is 347. The van der Waals surface area contributed by atoms with Crippen molar-refractivity contribution in [2.24, 2.45) is 0 Å². The van der Waals surface area contributed by atoms with E-state index >= 15 is 0 Å². The van der Waals surface area contributed by atoms with Gasteiger partial charge in [0.15, 0.2) is 0 Å². The first-order valence-corrected chi connectivity index (χ1v) is 6.56. The van der Waals surface area contributed by atoms with Gasteiger partial charge in [-0.3, -0.25) is 0 Å². The Morgan fingerprint density at radius 1 is 1.54 bits per heavy atom. The molecule has 0 fully saturated rings. The zero-order valence-electron chi connectivity index (χ0n) is 6.98. The van der Waals surface area contributed by atoms with E-state index in [9.17, 15) is 2.87 Å². The van der Waals surface area contributed by atoms with Gasteiger partial charge in [-0.1, -0.05) is 0 Å². The predicted octanol–water partition coefficient (Wildman–Crippen LogP) is 3.54. The van der Waals surface area contributed by atoms with Crippen LogP contribution in [0.2, 0.25) is 5.02 Å². The number of halogens is 2. The Morgan fingerprint density at radius 2 is 2.23 bits per heavy atom. The number of hydrogen-bond donors (Lipinski definition) is 0. The molecule has 0 saturated carbocycles. The van der Waals surface area contributed by atoms with Crippen LogP contribution in [0.4, 0.5) is 2.87 Å². The SMILES string of the molecule is C=Cc1cccc(Cl)c1[C](=C)[Sn][F]. The van der Waals surface area contributed by atoms with Crippen LogP contribution in [0.5, 0.6) is 0 Å². The molecule has 66 valence electrons. The molecule has 0 nitrogen and oxygen atoms in total. The first-order chi connectivity index (χ1) is 6.20. The van der Waals surface area contributed by atoms with E-state index in [2.05, 4.69) is 13.2 Å². The minimum absolute atomic E-state index is 0.556. The Hall–Kier alpha value is -0.281. The van der Waals surface area contributed by atoms with Crippen LogP contribution in [0.25, 0.3) is 9.67 Å². The fraction of sp³-hybridized carbons (Fsp3) is 0. The summed E-state index contributed by atoms with van der Waals surface area (Å²) in [6.07, 6.45) is 1.67. The van der Waals surface area contributed by atoms with E-state index in [1.807, 2.05) is 12.1 Å². The molecule has 0 aliphatic carbocycles. The molecule has 0 spiro atoms. The summed E-state index contributed by atoms with van der Waals surface area (Å²) < 4.78 is 13.1. The molecule has 13 heavy (non-hydrogen) atoms. The van der Waals surface area contributed by atoms with Gasteiger partial charge in [0.05, 0.1) is 0 Å². The summed E-state index contributed by atoms with van der Waals surface area (Å²) in [7, 11) is 0. The summed E-state index contributed by atoms with van der Waals surface area (Å²) in [4.78, 5) is 0. The van der Waals surface area contributed by atoms with Crippen LogP contribution in [0.15, 0.2) is 31.4 Å². The normalized spacial score (nSPS) is 9.69. The average Bonchev–Trinajstić information content (AvgIpc) is 2.16. The fourth-order valence-corrected chi connectivity index (χ4v) is 2.66. The number of hydrogen-bond acceptors (Lipinski definition) is 0. The van der Waals surface area contributed by atoms with E-state index < -0.39 is 21.7 Å². The van der Waals surface area contributed by atoms with Crippen molar-refractivity contribution in [1.82, 2.24) is 0 Å². The van der Waals surface area contributed by atoms with Crippen molar-refractivity contribution in [3.8, 4) is 0 Å². The first-order valence-electron chi connectivity index (χ1n) is 3.67.